The van der Waals surface area contributed by atoms with Crippen LogP contribution in [-0.4, -0.2) is 29.8 Å². The molecule has 5 nitrogen and oxygen atoms in total. The monoisotopic (exact) mass is 274 g/mol. The van der Waals surface area contributed by atoms with Gasteiger partial charge in [0.1, 0.15) is 11.8 Å². The van der Waals surface area contributed by atoms with Gasteiger partial charge in [-0.3, -0.25) is 9.48 Å². The van der Waals surface area contributed by atoms with Crippen LogP contribution in [0, 0.1) is 0 Å². The minimum atomic E-state index is -0.660. The molecule has 0 N–H and O–H groups in total. The van der Waals surface area contributed by atoms with E-state index in [2.05, 4.69) is 5.10 Å². The second-order valence-electron chi connectivity index (χ2n) is 4.27. The van der Waals surface area contributed by atoms with E-state index in [1.165, 1.54) is 14.2 Å². The fourth-order valence-corrected chi connectivity index (χ4v) is 2.15. The van der Waals surface area contributed by atoms with Crippen molar-refractivity contribution in [2.75, 3.05) is 14.2 Å². The molecule has 0 amide bonds. The molecule has 0 saturated carbocycles. The molecule has 1 atom stereocenters. The van der Waals surface area contributed by atoms with E-state index in [1.807, 2.05) is 37.3 Å². The van der Waals surface area contributed by atoms with Gasteiger partial charge in [0, 0.05) is 13.7 Å². The van der Waals surface area contributed by atoms with E-state index < -0.39 is 6.10 Å². The van der Waals surface area contributed by atoms with E-state index in [0.717, 1.165) is 5.56 Å². The molecular formula is C15H18N2O3. The lowest BCUT2D eigenvalue weighted by atomic mass is 10.0. The SMILES string of the molecule is CCn1ncc(OC)c1C(=O)C(OC)c1ccccc1. The summed E-state index contributed by atoms with van der Waals surface area (Å²) in [5.41, 5.74) is 1.25. The highest BCUT2D eigenvalue weighted by Crippen LogP contribution is 2.27. The van der Waals surface area contributed by atoms with Crippen molar-refractivity contribution in [1.29, 1.82) is 0 Å². The maximum absolute atomic E-state index is 12.7. The first kappa shape index (κ1) is 14.3. The van der Waals surface area contributed by atoms with Crippen LogP contribution < -0.4 is 4.74 Å². The maximum Gasteiger partial charge on any atom is 0.217 e. The van der Waals surface area contributed by atoms with Crippen LogP contribution in [0.5, 0.6) is 5.75 Å². The molecule has 20 heavy (non-hydrogen) atoms. The average molecular weight is 274 g/mol. The van der Waals surface area contributed by atoms with Crippen molar-refractivity contribution in [2.45, 2.75) is 19.6 Å². The molecule has 0 radical (unpaired) electrons. The van der Waals surface area contributed by atoms with Crippen LogP contribution in [0.3, 0.4) is 0 Å². The zero-order chi connectivity index (χ0) is 14.5. The van der Waals surface area contributed by atoms with Crippen LogP contribution in [0.4, 0.5) is 0 Å². The summed E-state index contributed by atoms with van der Waals surface area (Å²) in [4.78, 5) is 12.7. The molecule has 1 heterocycles. The number of hydrogen-bond acceptors (Lipinski definition) is 4. The molecule has 0 aliphatic heterocycles. The Balaban J connectivity index is 2.41. The summed E-state index contributed by atoms with van der Waals surface area (Å²) in [6.07, 6.45) is 0.890. The van der Waals surface area contributed by atoms with Gasteiger partial charge < -0.3 is 9.47 Å². The Hall–Kier alpha value is -2.14. The topological polar surface area (TPSA) is 53.4 Å². The fraction of sp³-hybridized carbons (Fsp3) is 0.333. The number of carbonyl (C=O) groups excluding carboxylic acids is 1. The van der Waals surface area contributed by atoms with Crippen molar-refractivity contribution < 1.29 is 14.3 Å². The Morgan fingerprint density at radius 2 is 2.00 bits per heavy atom. The van der Waals surface area contributed by atoms with Crippen molar-refractivity contribution in [3.05, 3.63) is 47.8 Å². The second kappa shape index (κ2) is 6.34. The van der Waals surface area contributed by atoms with Gasteiger partial charge in [-0.25, -0.2) is 0 Å². The van der Waals surface area contributed by atoms with E-state index in [-0.39, 0.29) is 5.78 Å². The quantitative estimate of drug-likeness (QED) is 0.759. The van der Waals surface area contributed by atoms with Crippen LogP contribution in [-0.2, 0) is 11.3 Å². The van der Waals surface area contributed by atoms with E-state index in [4.69, 9.17) is 9.47 Å². The fourth-order valence-electron chi connectivity index (χ4n) is 2.15. The number of benzene rings is 1. The molecule has 0 aliphatic carbocycles. The molecular weight excluding hydrogens is 256 g/mol. The number of methoxy groups -OCH3 is 2. The van der Waals surface area contributed by atoms with Crippen molar-refractivity contribution in [3.63, 3.8) is 0 Å². The molecule has 0 fully saturated rings. The molecule has 0 spiro atoms. The summed E-state index contributed by atoms with van der Waals surface area (Å²) < 4.78 is 12.2. The van der Waals surface area contributed by atoms with E-state index >= 15 is 0 Å². The van der Waals surface area contributed by atoms with Gasteiger partial charge in [0.05, 0.1) is 13.3 Å². The van der Waals surface area contributed by atoms with Gasteiger partial charge in [0.2, 0.25) is 5.78 Å². The number of rotatable bonds is 6. The number of carbonyl (C=O) groups is 1. The van der Waals surface area contributed by atoms with Crippen LogP contribution in [0.25, 0.3) is 0 Å². The lowest BCUT2D eigenvalue weighted by Crippen LogP contribution is -2.19. The normalized spacial score (nSPS) is 12.2. The third-order valence-corrected chi connectivity index (χ3v) is 3.13. The molecule has 2 rings (SSSR count). The standard InChI is InChI=1S/C15H18N2O3/c1-4-17-13(12(19-2)10-16-17)14(18)15(20-3)11-8-6-5-7-9-11/h5-10,15H,4H2,1-3H3. The summed E-state index contributed by atoms with van der Waals surface area (Å²) in [7, 11) is 3.05. The van der Waals surface area contributed by atoms with E-state index in [0.29, 0.717) is 18.0 Å². The number of aryl methyl sites for hydroxylation is 1. The average Bonchev–Trinajstić information content (AvgIpc) is 2.92. The maximum atomic E-state index is 12.7. The largest absolute Gasteiger partial charge is 0.493 e. The number of ketones is 1. The highest BCUT2D eigenvalue weighted by molar-refractivity contribution is 6.00. The van der Waals surface area contributed by atoms with Crippen molar-refractivity contribution in [2.24, 2.45) is 0 Å². The smallest absolute Gasteiger partial charge is 0.217 e. The van der Waals surface area contributed by atoms with Crippen LogP contribution in [0.1, 0.15) is 29.1 Å². The van der Waals surface area contributed by atoms with Gasteiger partial charge in [0.15, 0.2) is 5.75 Å². The van der Waals surface area contributed by atoms with Crippen molar-refractivity contribution in [3.8, 4) is 5.75 Å². The van der Waals surface area contributed by atoms with Gasteiger partial charge in [0.25, 0.3) is 0 Å². The third kappa shape index (κ3) is 2.58. The molecule has 106 valence electrons. The van der Waals surface area contributed by atoms with Crippen molar-refractivity contribution in [1.82, 2.24) is 9.78 Å². The number of Topliss-reactive ketones (excluding diaryl/α,β-unsaturated/α-hetero) is 1. The van der Waals surface area contributed by atoms with Gasteiger partial charge in [-0.2, -0.15) is 5.10 Å². The number of hydrogen-bond donors (Lipinski definition) is 0. The first-order valence-electron chi connectivity index (χ1n) is 6.44. The third-order valence-electron chi connectivity index (χ3n) is 3.13. The number of aromatic nitrogens is 2. The summed E-state index contributed by atoms with van der Waals surface area (Å²) in [5.74, 6) is 0.310. The summed E-state index contributed by atoms with van der Waals surface area (Å²) in [6, 6.07) is 9.39. The predicted octanol–water partition coefficient (Wildman–Crippen LogP) is 2.48. The first-order valence-corrected chi connectivity index (χ1v) is 6.44. The summed E-state index contributed by atoms with van der Waals surface area (Å²) in [6.45, 7) is 2.52. The first-order chi connectivity index (χ1) is 9.72. The van der Waals surface area contributed by atoms with E-state index in [9.17, 15) is 4.79 Å². The Morgan fingerprint density at radius 1 is 1.30 bits per heavy atom. The summed E-state index contributed by atoms with van der Waals surface area (Å²) >= 11 is 0. The predicted molar refractivity (Wildman–Crippen MR) is 75.0 cm³/mol. The molecule has 1 unspecified atom stereocenters. The van der Waals surface area contributed by atoms with Crippen molar-refractivity contribution >= 4 is 5.78 Å². The molecule has 0 aliphatic rings. The van der Waals surface area contributed by atoms with Gasteiger partial charge in [-0.15, -0.1) is 0 Å². The zero-order valence-electron chi connectivity index (χ0n) is 11.9. The van der Waals surface area contributed by atoms with Crippen LogP contribution in [0.2, 0.25) is 0 Å². The Morgan fingerprint density at radius 3 is 2.55 bits per heavy atom. The second-order valence-corrected chi connectivity index (χ2v) is 4.27. The molecule has 0 saturated heterocycles. The Bertz CT molecular complexity index is 557. The van der Waals surface area contributed by atoms with Gasteiger partial charge in [-0.1, -0.05) is 30.3 Å². The van der Waals surface area contributed by atoms with Crippen LogP contribution >= 0.6 is 0 Å². The highest BCUT2D eigenvalue weighted by atomic mass is 16.5. The lowest BCUT2D eigenvalue weighted by molar-refractivity contribution is 0.0590. The Kier molecular flexibility index (Phi) is 4.53. The van der Waals surface area contributed by atoms with Crippen LogP contribution in [0.15, 0.2) is 36.5 Å². The summed E-state index contributed by atoms with van der Waals surface area (Å²) in [5, 5.41) is 4.15. The van der Waals surface area contributed by atoms with Gasteiger partial charge in [-0.05, 0) is 12.5 Å². The zero-order valence-corrected chi connectivity index (χ0v) is 11.9. The van der Waals surface area contributed by atoms with E-state index in [1.54, 1.807) is 10.9 Å². The number of ether oxygens (including phenoxy) is 2. The molecule has 5 heteroatoms. The minimum absolute atomic E-state index is 0.157. The lowest BCUT2D eigenvalue weighted by Gasteiger charge is -2.16. The number of nitrogens with zero attached hydrogens (tertiary/aromatic N) is 2. The molecule has 0 bridgehead atoms. The molecule has 1 aromatic heterocycles. The minimum Gasteiger partial charge on any atom is -0.493 e. The highest BCUT2D eigenvalue weighted by Gasteiger charge is 2.28. The van der Waals surface area contributed by atoms with Gasteiger partial charge >= 0.3 is 0 Å². The molecule has 1 aromatic carbocycles. The Labute approximate surface area is 118 Å². The molecule has 2 aromatic rings.